The highest BCUT2D eigenvalue weighted by molar-refractivity contribution is 6.33. The van der Waals surface area contributed by atoms with Crippen molar-refractivity contribution in [1.29, 1.82) is 0 Å². The summed E-state index contributed by atoms with van der Waals surface area (Å²) in [5.74, 6) is -0.116. The Morgan fingerprint density at radius 3 is 2.85 bits per heavy atom. The van der Waals surface area contributed by atoms with Crippen LogP contribution >= 0.6 is 11.6 Å². The molecule has 0 aromatic heterocycles. The molecule has 3 rings (SSSR count). The molecule has 0 spiro atoms. The van der Waals surface area contributed by atoms with Gasteiger partial charge in [0.15, 0.2) is 0 Å². The number of carbonyl (C=O) groups is 1. The largest absolute Gasteiger partial charge is 0.398 e. The maximum absolute atomic E-state index is 12.3. The summed E-state index contributed by atoms with van der Waals surface area (Å²) < 4.78 is 0. The van der Waals surface area contributed by atoms with Crippen LogP contribution in [0, 0.1) is 0 Å². The van der Waals surface area contributed by atoms with Crippen molar-refractivity contribution in [2.24, 2.45) is 0 Å². The van der Waals surface area contributed by atoms with Gasteiger partial charge in [0.2, 0.25) is 0 Å². The maximum Gasteiger partial charge on any atom is 0.251 e. The Kier molecular flexibility index (Phi) is 3.36. The molecule has 3 nitrogen and oxygen atoms in total. The molecule has 2 aromatic rings. The van der Waals surface area contributed by atoms with Gasteiger partial charge in [0, 0.05) is 5.56 Å². The molecule has 20 heavy (non-hydrogen) atoms. The average molecular weight is 287 g/mol. The van der Waals surface area contributed by atoms with E-state index in [2.05, 4.69) is 17.4 Å². The van der Waals surface area contributed by atoms with Crippen LogP contribution in [0.3, 0.4) is 0 Å². The number of hydrogen-bond donors (Lipinski definition) is 2. The van der Waals surface area contributed by atoms with E-state index in [1.165, 1.54) is 11.1 Å². The van der Waals surface area contributed by atoms with Gasteiger partial charge in [-0.3, -0.25) is 4.79 Å². The summed E-state index contributed by atoms with van der Waals surface area (Å²) in [4.78, 5) is 12.3. The summed E-state index contributed by atoms with van der Waals surface area (Å²) >= 11 is 5.87. The Labute approximate surface area is 122 Å². The van der Waals surface area contributed by atoms with E-state index < -0.39 is 0 Å². The fourth-order valence-electron chi connectivity index (χ4n) is 2.63. The number of carbonyl (C=O) groups excluding carboxylic acids is 1. The molecule has 0 saturated heterocycles. The van der Waals surface area contributed by atoms with E-state index in [1.54, 1.807) is 18.2 Å². The number of aryl methyl sites for hydroxylation is 1. The molecule has 0 radical (unpaired) electrons. The van der Waals surface area contributed by atoms with Crippen molar-refractivity contribution < 1.29 is 4.79 Å². The van der Waals surface area contributed by atoms with Crippen LogP contribution in [0.1, 0.15) is 33.9 Å². The second-order valence-electron chi connectivity index (χ2n) is 5.00. The van der Waals surface area contributed by atoms with Gasteiger partial charge in [0.05, 0.1) is 16.8 Å². The summed E-state index contributed by atoms with van der Waals surface area (Å²) in [6.07, 6.45) is 1.94. The first kappa shape index (κ1) is 13.0. The topological polar surface area (TPSA) is 55.1 Å². The number of hydrogen-bond acceptors (Lipinski definition) is 2. The Bertz CT molecular complexity index is 669. The smallest absolute Gasteiger partial charge is 0.251 e. The van der Waals surface area contributed by atoms with Crippen molar-refractivity contribution in [1.82, 2.24) is 5.32 Å². The zero-order valence-electron chi connectivity index (χ0n) is 10.9. The lowest BCUT2D eigenvalue weighted by Gasteiger charge is -2.14. The van der Waals surface area contributed by atoms with E-state index in [0.29, 0.717) is 16.3 Å². The lowest BCUT2D eigenvalue weighted by atomic mass is 10.1. The van der Waals surface area contributed by atoms with E-state index in [4.69, 9.17) is 17.3 Å². The lowest BCUT2D eigenvalue weighted by molar-refractivity contribution is 0.0937. The van der Waals surface area contributed by atoms with Crippen LogP contribution < -0.4 is 11.1 Å². The number of benzene rings is 2. The zero-order valence-corrected chi connectivity index (χ0v) is 11.7. The van der Waals surface area contributed by atoms with Crippen LogP contribution in [0.25, 0.3) is 0 Å². The van der Waals surface area contributed by atoms with Crippen LogP contribution in [0.5, 0.6) is 0 Å². The molecule has 1 aliphatic carbocycles. The minimum absolute atomic E-state index is 0.0793. The van der Waals surface area contributed by atoms with E-state index >= 15 is 0 Å². The van der Waals surface area contributed by atoms with Gasteiger partial charge < -0.3 is 11.1 Å². The molecular weight excluding hydrogens is 272 g/mol. The first-order chi connectivity index (χ1) is 9.65. The number of rotatable bonds is 2. The molecule has 0 fully saturated rings. The minimum Gasteiger partial charge on any atom is -0.398 e. The van der Waals surface area contributed by atoms with E-state index in [9.17, 15) is 4.79 Å². The first-order valence-electron chi connectivity index (χ1n) is 6.59. The third-order valence-corrected chi connectivity index (χ3v) is 4.04. The van der Waals surface area contributed by atoms with Crippen molar-refractivity contribution in [3.8, 4) is 0 Å². The maximum atomic E-state index is 12.3. The molecule has 2 aromatic carbocycles. The van der Waals surface area contributed by atoms with Gasteiger partial charge in [0.25, 0.3) is 5.91 Å². The molecule has 3 N–H and O–H groups in total. The predicted molar refractivity (Wildman–Crippen MR) is 80.8 cm³/mol. The number of nitrogens with one attached hydrogen (secondary N) is 1. The highest BCUT2D eigenvalue weighted by Gasteiger charge is 2.23. The molecule has 1 aliphatic rings. The van der Waals surface area contributed by atoms with Gasteiger partial charge in [-0.15, -0.1) is 0 Å². The van der Waals surface area contributed by atoms with Crippen molar-refractivity contribution in [2.45, 2.75) is 18.9 Å². The Morgan fingerprint density at radius 1 is 1.25 bits per heavy atom. The number of anilines is 1. The normalized spacial score (nSPS) is 16.8. The number of amides is 1. The SMILES string of the molecule is Nc1cc(C(=O)NC2CCc3ccccc32)ccc1Cl. The number of halogens is 1. The fourth-order valence-corrected chi connectivity index (χ4v) is 2.75. The van der Waals surface area contributed by atoms with Gasteiger partial charge in [-0.2, -0.15) is 0 Å². The summed E-state index contributed by atoms with van der Waals surface area (Å²) in [6.45, 7) is 0. The van der Waals surface area contributed by atoms with Gasteiger partial charge in [0.1, 0.15) is 0 Å². The van der Waals surface area contributed by atoms with Crippen LogP contribution in [-0.4, -0.2) is 5.91 Å². The standard InChI is InChI=1S/C16H15ClN2O/c17-13-7-5-11(9-14(13)18)16(20)19-15-8-6-10-3-1-2-4-12(10)15/h1-5,7,9,15H,6,8,18H2,(H,19,20). The molecule has 0 bridgehead atoms. The summed E-state index contributed by atoms with van der Waals surface area (Å²) in [5, 5.41) is 3.53. The molecular formula is C16H15ClN2O. The highest BCUT2D eigenvalue weighted by Crippen LogP contribution is 2.31. The number of nitrogens with two attached hydrogens (primary N) is 1. The molecule has 1 unspecified atom stereocenters. The quantitative estimate of drug-likeness (QED) is 0.832. The van der Waals surface area contributed by atoms with Crippen LogP contribution in [-0.2, 0) is 6.42 Å². The van der Waals surface area contributed by atoms with Crippen LogP contribution in [0.15, 0.2) is 42.5 Å². The molecule has 102 valence electrons. The molecule has 1 amide bonds. The second-order valence-corrected chi connectivity index (χ2v) is 5.41. The molecule has 1 atom stereocenters. The third-order valence-electron chi connectivity index (χ3n) is 3.70. The highest BCUT2D eigenvalue weighted by atomic mass is 35.5. The van der Waals surface area contributed by atoms with Gasteiger partial charge in [-0.05, 0) is 42.2 Å². The third kappa shape index (κ3) is 2.37. The van der Waals surface area contributed by atoms with Gasteiger partial charge in [-0.1, -0.05) is 35.9 Å². The Morgan fingerprint density at radius 2 is 2.05 bits per heavy atom. The van der Waals surface area contributed by atoms with Crippen molar-refractivity contribution in [2.75, 3.05) is 5.73 Å². The average Bonchev–Trinajstić information content (AvgIpc) is 2.85. The fraction of sp³-hybridized carbons (Fsp3) is 0.188. The number of fused-ring (bicyclic) bond motifs is 1. The lowest BCUT2D eigenvalue weighted by Crippen LogP contribution is -2.27. The summed E-state index contributed by atoms with van der Waals surface area (Å²) in [6, 6.07) is 13.2. The second kappa shape index (κ2) is 5.17. The molecule has 0 aliphatic heterocycles. The summed E-state index contributed by atoms with van der Waals surface area (Å²) in [5.41, 5.74) is 9.22. The minimum atomic E-state index is -0.116. The zero-order chi connectivity index (χ0) is 14.1. The van der Waals surface area contributed by atoms with Crippen LogP contribution in [0.4, 0.5) is 5.69 Å². The predicted octanol–water partition coefficient (Wildman–Crippen LogP) is 3.34. The van der Waals surface area contributed by atoms with Gasteiger partial charge in [-0.25, -0.2) is 0 Å². The molecule has 0 heterocycles. The molecule has 4 heteroatoms. The van der Waals surface area contributed by atoms with E-state index in [0.717, 1.165) is 12.8 Å². The monoisotopic (exact) mass is 286 g/mol. The summed E-state index contributed by atoms with van der Waals surface area (Å²) in [7, 11) is 0. The molecule has 0 saturated carbocycles. The van der Waals surface area contributed by atoms with E-state index in [1.807, 2.05) is 12.1 Å². The van der Waals surface area contributed by atoms with Crippen LogP contribution in [0.2, 0.25) is 5.02 Å². The van der Waals surface area contributed by atoms with E-state index in [-0.39, 0.29) is 11.9 Å². The Hall–Kier alpha value is -2.00. The van der Waals surface area contributed by atoms with Crippen molar-refractivity contribution >= 4 is 23.2 Å². The van der Waals surface area contributed by atoms with Gasteiger partial charge >= 0.3 is 0 Å². The Balaban J connectivity index is 1.79. The number of nitrogen functional groups attached to an aromatic ring is 1. The van der Waals surface area contributed by atoms with Crippen molar-refractivity contribution in [3.05, 3.63) is 64.2 Å². The first-order valence-corrected chi connectivity index (χ1v) is 6.96. The van der Waals surface area contributed by atoms with Crippen molar-refractivity contribution in [3.63, 3.8) is 0 Å².